The molecule has 2 fully saturated rings. The monoisotopic (exact) mass is 950 g/mol. The number of nitrogens with zero attached hydrogens (tertiary/aromatic N) is 12. The van der Waals surface area contributed by atoms with Crippen molar-refractivity contribution in [3.8, 4) is 22.3 Å². The molecule has 0 amide bonds. The third kappa shape index (κ3) is 9.60. The molecule has 0 spiro atoms. The van der Waals surface area contributed by atoms with Gasteiger partial charge in [0.25, 0.3) is 11.9 Å². The number of hydrazine groups is 1. The van der Waals surface area contributed by atoms with Gasteiger partial charge in [0.2, 0.25) is 0 Å². The number of hydrogen-bond donors (Lipinski definition) is 0. The first-order chi connectivity index (χ1) is 32.7. The van der Waals surface area contributed by atoms with Gasteiger partial charge in [-0.15, -0.1) is 10.2 Å². The molecule has 2 aliphatic heterocycles. The van der Waals surface area contributed by atoms with E-state index in [1.165, 1.54) is 23.6 Å². The van der Waals surface area contributed by atoms with Gasteiger partial charge < -0.3 is 9.80 Å². The predicted molar refractivity (Wildman–Crippen MR) is 266 cm³/mol. The fourth-order valence-electron chi connectivity index (χ4n) is 8.84. The SMILES string of the molecule is CN1CCN(Cc2ccc(N(c3nc4c(-c5ccc(S(C)(=O)=O)cc5)cccn4n3)N(c3ccc(CN4CCN(C)CC4)cc3)c3nc4c(-c5ccc(S(C)(=O)=O)cc5)cccn4n3)cc2)CC1. The van der Waals surface area contributed by atoms with Gasteiger partial charge in [-0.1, -0.05) is 48.5 Å². The maximum absolute atomic E-state index is 12.4. The largest absolute Gasteiger partial charge is 0.304 e. The van der Waals surface area contributed by atoms with Crippen LogP contribution in [0.25, 0.3) is 33.5 Å². The zero-order chi connectivity index (χ0) is 47.2. The highest BCUT2D eigenvalue weighted by Gasteiger charge is 2.30. The van der Waals surface area contributed by atoms with Crippen LogP contribution >= 0.6 is 0 Å². The Morgan fingerprint density at radius 3 is 1.16 bits per heavy atom. The normalized spacial score (nSPS) is 15.9. The van der Waals surface area contributed by atoms with E-state index in [0.29, 0.717) is 23.2 Å². The predicted octanol–water partition coefficient (Wildman–Crippen LogP) is 6.30. The molecule has 350 valence electrons. The van der Waals surface area contributed by atoms with Crippen LogP contribution in [0.3, 0.4) is 0 Å². The van der Waals surface area contributed by atoms with Crippen molar-refractivity contribution < 1.29 is 16.8 Å². The number of sulfone groups is 2. The van der Waals surface area contributed by atoms with Crippen molar-refractivity contribution >= 4 is 54.2 Å². The fourth-order valence-corrected chi connectivity index (χ4v) is 10.1. The number of hydrogen-bond acceptors (Lipinski definition) is 14. The molecule has 6 heterocycles. The van der Waals surface area contributed by atoms with Gasteiger partial charge in [0.1, 0.15) is 0 Å². The lowest BCUT2D eigenvalue weighted by Crippen LogP contribution is -2.43. The summed E-state index contributed by atoms with van der Waals surface area (Å²) in [5, 5.41) is 14.1. The van der Waals surface area contributed by atoms with Crippen molar-refractivity contribution in [3.63, 3.8) is 0 Å². The van der Waals surface area contributed by atoms with Crippen molar-refractivity contribution in [2.45, 2.75) is 22.9 Å². The highest BCUT2D eigenvalue weighted by molar-refractivity contribution is 7.91. The first-order valence-electron chi connectivity index (χ1n) is 22.7. The lowest BCUT2D eigenvalue weighted by molar-refractivity contribution is 0.148. The molecule has 68 heavy (non-hydrogen) atoms. The Balaban J connectivity index is 1.12. The van der Waals surface area contributed by atoms with Gasteiger partial charge in [0, 0.05) is 101 Å². The van der Waals surface area contributed by atoms with Gasteiger partial charge in [-0.25, -0.2) is 35.9 Å². The van der Waals surface area contributed by atoms with Crippen LogP contribution in [0.1, 0.15) is 11.1 Å². The molecule has 0 saturated carbocycles. The second-order valence-electron chi connectivity index (χ2n) is 17.9. The molecule has 16 nitrogen and oxygen atoms in total. The number of anilines is 4. The van der Waals surface area contributed by atoms with E-state index >= 15 is 0 Å². The lowest BCUT2D eigenvalue weighted by atomic mass is 10.1. The molecule has 2 aliphatic rings. The topological polar surface area (TPSA) is 148 Å². The van der Waals surface area contributed by atoms with E-state index in [1.807, 2.05) is 46.7 Å². The van der Waals surface area contributed by atoms with Gasteiger partial charge in [-0.05, 0) is 109 Å². The Morgan fingerprint density at radius 1 is 0.471 bits per heavy atom. The molecule has 2 saturated heterocycles. The van der Waals surface area contributed by atoms with Crippen molar-refractivity contribution in [1.82, 2.24) is 48.8 Å². The molecule has 0 bridgehead atoms. The maximum Gasteiger partial charge on any atom is 0.269 e. The lowest BCUT2D eigenvalue weighted by Gasteiger charge is -2.34. The van der Waals surface area contributed by atoms with E-state index in [0.717, 1.165) is 99.1 Å². The summed E-state index contributed by atoms with van der Waals surface area (Å²) in [5.74, 6) is 0.683. The summed E-state index contributed by atoms with van der Waals surface area (Å²) < 4.78 is 53.0. The zero-order valence-electron chi connectivity index (χ0n) is 38.6. The van der Waals surface area contributed by atoms with Crippen LogP contribution in [0, 0.1) is 0 Å². The van der Waals surface area contributed by atoms with Crippen LogP contribution in [0.15, 0.2) is 144 Å². The van der Waals surface area contributed by atoms with Crippen LogP contribution in [-0.4, -0.2) is 145 Å². The van der Waals surface area contributed by atoms with Gasteiger partial charge in [0.15, 0.2) is 31.0 Å². The summed E-state index contributed by atoms with van der Waals surface area (Å²) in [5.41, 5.74) is 8.13. The van der Waals surface area contributed by atoms with Crippen molar-refractivity contribution in [2.75, 3.05) is 89.0 Å². The number of likely N-dealkylation sites (N-methyl/N-ethyl adjacent to an activating group) is 2. The number of benzene rings is 4. The highest BCUT2D eigenvalue weighted by atomic mass is 32.2. The van der Waals surface area contributed by atoms with Gasteiger partial charge in [0.05, 0.1) is 21.2 Å². The van der Waals surface area contributed by atoms with E-state index < -0.39 is 19.7 Å². The molecule has 18 heteroatoms. The summed E-state index contributed by atoms with van der Waals surface area (Å²) in [6.45, 7) is 9.73. The number of pyridine rings is 2. The van der Waals surface area contributed by atoms with Crippen molar-refractivity contribution in [3.05, 3.63) is 145 Å². The summed E-state index contributed by atoms with van der Waals surface area (Å²) in [6.07, 6.45) is 6.09. The molecular weight excluding hydrogens is 897 g/mol. The Bertz CT molecular complexity index is 3070. The number of piperazine rings is 2. The van der Waals surface area contributed by atoms with E-state index in [9.17, 15) is 16.8 Å². The minimum atomic E-state index is -3.40. The summed E-state index contributed by atoms with van der Waals surface area (Å²) in [6, 6.07) is 38.2. The quantitative estimate of drug-likeness (QED) is 0.119. The van der Waals surface area contributed by atoms with E-state index in [-0.39, 0.29) is 9.79 Å². The Hall–Kier alpha value is -6.54. The van der Waals surface area contributed by atoms with Crippen LogP contribution in [-0.2, 0) is 32.8 Å². The van der Waals surface area contributed by atoms with Crippen molar-refractivity contribution in [2.24, 2.45) is 0 Å². The standard InChI is InChI=1S/C50H54N12O4S2/c1-55-27-31-57(32-28-55)35-37-9-17-41(18-10-37)61(49-51-47-45(7-5-25-59(47)53-49)39-13-21-43(22-14-39)67(3,63)64)62(42-19-11-38(12-20-42)36-58-33-29-56(2)30-34-58)50-52-48-46(8-6-26-60(48)54-50)40-15-23-44(24-16-40)68(4,65)66/h5-26H,27-36H2,1-4H3. The van der Waals surface area contributed by atoms with Gasteiger partial charge in [-0.2, -0.15) is 9.97 Å². The van der Waals surface area contributed by atoms with Crippen LogP contribution in [0.4, 0.5) is 23.3 Å². The maximum atomic E-state index is 12.4. The number of aromatic nitrogens is 6. The molecule has 0 N–H and O–H groups in total. The molecule has 0 atom stereocenters. The first kappa shape index (κ1) is 45.3. The Kier molecular flexibility index (Phi) is 12.3. The molecule has 8 aromatic rings. The molecular formula is C50H54N12O4S2. The van der Waals surface area contributed by atoms with Crippen LogP contribution in [0.5, 0.6) is 0 Å². The Labute approximate surface area is 397 Å². The molecule has 4 aromatic heterocycles. The highest BCUT2D eigenvalue weighted by Crippen LogP contribution is 2.37. The third-order valence-electron chi connectivity index (χ3n) is 12.8. The Morgan fingerprint density at radius 2 is 0.824 bits per heavy atom. The fraction of sp³-hybridized carbons (Fsp3) is 0.280. The smallest absolute Gasteiger partial charge is 0.269 e. The minimum Gasteiger partial charge on any atom is -0.304 e. The number of rotatable bonds is 13. The third-order valence-corrected chi connectivity index (χ3v) is 15.1. The zero-order valence-corrected chi connectivity index (χ0v) is 40.2. The van der Waals surface area contributed by atoms with E-state index in [2.05, 4.69) is 82.2 Å². The average Bonchev–Trinajstić information content (AvgIpc) is 3.97. The second kappa shape index (κ2) is 18.5. The number of fused-ring (bicyclic) bond motifs is 2. The molecule has 0 aliphatic carbocycles. The first-order valence-corrected chi connectivity index (χ1v) is 26.4. The summed E-state index contributed by atoms with van der Waals surface area (Å²) in [7, 11) is -2.47. The molecule has 10 rings (SSSR count). The van der Waals surface area contributed by atoms with Crippen LogP contribution in [0.2, 0.25) is 0 Å². The summed E-state index contributed by atoms with van der Waals surface area (Å²) >= 11 is 0. The van der Waals surface area contributed by atoms with E-state index in [4.69, 9.17) is 20.2 Å². The van der Waals surface area contributed by atoms with E-state index in [1.54, 1.807) is 57.6 Å². The van der Waals surface area contributed by atoms with Gasteiger partial charge in [-0.3, -0.25) is 9.80 Å². The molecule has 0 unspecified atom stereocenters. The minimum absolute atomic E-state index is 0.233. The average molecular weight is 951 g/mol. The summed E-state index contributed by atoms with van der Waals surface area (Å²) in [4.78, 5) is 20.7. The van der Waals surface area contributed by atoms with Crippen LogP contribution < -0.4 is 10.0 Å². The van der Waals surface area contributed by atoms with Gasteiger partial charge >= 0.3 is 0 Å². The molecule has 4 aromatic carbocycles. The molecule has 0 radical (unpaired) electrons. The second-order valence-corrected chi connectivity index (χ2v) is 21.9. The van der Waals surface area contributed by atoms with Crippen molar-refractivity contribution in [1.29, 1.82) is 0 Å².